The molecule has 0 aliphatic carbocycles. The summed E-state index contributed by atoms with van der Waals surface area (Å²) in [6.07, 6.45) is -0.904. The standard InChI is InChI=1S/C31H37N3O5S/c1-4-13-34(14-5-2)23-10-9-19-15-21(8-7-20(19)16-23)26-12-11-24(40-26)17-22(18-32)30(37)33-27-29(36)28(35)25(6-3)39-31(27)38/h7-12,15-17,25,27-29,31,35-36,38H,4-6,13-14H2,1-3H3,(H,33,37)/b22-17+/t25-,27-,28-,29-,31?/m1/s1. The normalized spacial score (nSPS) is 23.1. The Morgan fingerprint density at radius 2 is 1.73 bits per heavy atom. The fourth-order valence-corrected chi connectivity index (χ4v) is 5.99. The molecule has 1 unspecified atom stereocenters. The predicted octanol–water partition coefficient (Wildman–Crippen LogP) is 4.44. The third-order valence-electron chi connectivity index (χ3n) is 7.16. The van der Waals surface area contributed by atoms with Crippen molar-refractivity contribution in [1.82, 2.24) is 5.32 Å². The molecule has 1 amide bonds. The number of hydrogen-bond donors (Lipinski definition) is 4. The Balaban J connectivity index is 1.50. The van der Waals surface area contributed by atoms with Gasteiger partial charge in [0, 0.05) is 28.5 Å². The van der Waals surface area contributed by atoms with Crippen molar-refractivity contribution in [3.63, 3.8) is 0 Å². The van der Waals surface area contributed by atoms with Crippen molar-refractivity contribution >= 4 is 39.8 Å². The number of anilines is 1. The summed E-state index contributed by atoms with van der Waals surface area (Å²) in [6, 6.07) is 17.3. The number of nitrogens with one attached hydrogen (secondary N) is 1. The summed E-state index contributed by atoms with van der Waals surface area (Å²) in [5.41, 5.74) is 2.08. The lowest BCUT2D eigenvalue weighted by Gasteiger charge is -2.40. The molecule has 1 aliphatic heterocycles. The zero-order chi connectivity index (χ0) is 28.8. The molecule has 2 heterocycles. The van der Waals surface area contributed by atoms with Crippen LogP contribution in [-0.2, 0) is 9.53 Å². The van der Waals surface area contributed by atoms with Crippen molar-refractivity contribution in [2.75, 3.05) is 18.0 Å². The molecule has 0 saturated carbocycles. The molecule has 1 aliphatic rings. The Bertz CT molecular complexity index is 1390. The molecule has 212 valence electrons. The van der Waals surface area contributed by atoms with Crippen LogP contribution >= 0.6 is 11.3 Å². The molecule has 1 aromatic heterocycles. The lowest BCUT2D eigenvalue weighted by Crippen LogP contribution is -2.63. The second kappa shape index (κ2) is 13.4. The van der Waals surface area contributed by atoms with Crippen molar-refractivity contribution in [2.24, 2.45) is 0 Å². The summed E-state index contributed by atoms with van der Waals surface area (Å²) in [6.45, 7) is 8.20. The Kier molecular flexibility index (Phi) is 9.95. The first-order valence-corrected chi connectivity index (χ1v) is 14.6. The van der Waals surface area contributed by atoms with Gasteiger partial charge in [-0.2, -0.15) is 5.26 Å². The number of amides is 1. The topological polar surface area (TPSA) is 126 Å². The van der Waals surface area contributed by atoms with Crippen LogP contribution in [0.15, 0.2) is 54.1 Å². The van der Waals surface area contributed by atoms with Gasteiger partial charge in [-0.3, -0.25) is 4.79 Å². The molecule has 0 radical (unpaired) electrons. The zero-order valence-corrected chi connectivity index (χ0v) is 23.9. The number of fused-ring (bicyclic) bond motifs is 1. The first-order valence-electron chi connectivity index (χ1n) is 13.8. The lowest BCUT2D eigenvalue weighted by molar-refractivity contribution is -0.247. The van der Waals surface area contributed by atoms with Crippen LogP contribution in [0.4, 0.5) is 5.69 Å². The molecule has 8 nitrogen and oxygen atoms in total. The quantitative estimate of drug-likeness (QED) is 0.212. The number of benzene rings is 2. The zero-order valence-electron chi connectivity index (χ0n) is 23.1. The van der Waals surface area contributed by atoms with E-state index < -0.39 is 36.6 Å². The van der Waals surface area contributed by atoms with Gasteiger partial charge in [0.05, 0.1) is 6.10 Å². The summed E-state index contributed by atoms with van der Waals surface area (Å²) in [7, 11) is 0. The molecule has 2 aromatic carbocycles. The minimum absolute atomic E-state index is 0.186. The van der Waals surface area contributed by atoms with Crippen LogP contribution in [0.5, 0.6) is 0 Å². The SMILES string of the molecule is CCCN(CCC)c1ccc2cc(-c3ccc(/C=C(\C#N)C(=O)N[C@H]4C(O)O[C@H](CC)[C@@H](O)[C@@H]4O)s3)ccc2c1. The van der Waals surface area contributed by atoms with Gasteiger partial charge >= 0.3 is 0 Å². The maximum atomic E-state index is 12.8. The molecule has 5 atom stereocenters. The van der Waals surface area contributed by atoms with Crippen LogP contribution in [0.2, 0.25) is 0 Å². The molecule has 40 heavy (non-hydrogen) atoms. The van der Waals surface area contributed by atoms with Crippen LogP contribution in [0.1, 0.15) is 44.9 Å². The second-order valence-electron chi connectivity index (χ2n) is 10.1. The van der Waals surface area contributed by atoms with Crippen molar-refractivity contribution in [1.29, 1.82) is 5.26 Å². The molecule has 1 saturated heterocycles. The van der Waals surface area contributed by atoms with Crippen molar-refractivity contribution in [2.45, 2.75) is 70.7 Å². The van der Waals surface area contributed by atoms with E-state index in [2.05, 4.69) is 60.5 Å². The first-order chi connectivity index (χ1) is 19.3. The Labute approximate surface area is 239 Å². The van der Waals surface area contributed by atoms with Crippen LogP contribution < -0.4 is 10.2 Å². The maximum Gasteiger partial charge on any atom is 0.262 e. The van der Waals surface area contributed by atoms with Crippen LogP contribution in [-0.4, -0.2) is 65.0 Å². The number of nitrogens with zero attached hydrogens (tertiary/aromatic N) is 2. The fourth-order valence-electron chi connectivity index (χ4n) is 5.04. The van der Waals surface area contributed by atoms with Gasteiger partial charge in [-0.1, -0.05) is 39.0 Å². The largest absolute Gasteiger partial charge is 0.388 e. The lowest BCUT2D eigenvalue weighted by atomic mass is 9.95. The van der Waals surface area contributed by atoms with Crippen molar-refractivity contribution in [3.8, 4) is 16.5 Å². The van der Waals surface area contributed by atoms with E-state index in [1.54, 1.807) is 6.92 Å². The number of aliphatic hydroxyl groups is 3. The molecule has 3 aromatic rings. The highest BCUT2D eigenvalue weighted by molar-refractivity contribution is 7.16. The summed E-state index contributed by atoms with van der Waals surface area (Å²) < 4.78 is 5.31. The maximum absolute atomic E-state index is 12.8. The number of aliphatic hydroxyl groups excluding tert-OH is 3. The molecule has 1 fully saturated rings. The average Bonchev–Trinajstić information content (AvgIpc) is 3.43. The van der Waals surface area contributed by atoms with E-state index >= 15 is 0 Å². The summed E-state index contributed by atoms with van der Waals surface area (Å²) in [5, 5.41) is 45.2. The van der Waals surface area contributed by atoms with E-state index in [0.717, 1.165) is 41.8 Å². The van der Waals surface area contributed by atoms with Gasteiger partial charge in [0.2, 0.25) is 0 Å². The Hall–Kier alpha value is -3.26. The summed E-state index contributed by atoms with van der Waals surface area (Å²) in [5.74, 6) is -0.770. The predicted molar refractivity (Wildman–Crippen MR) is 159 cm³/mol. The van der Waals surface area contributed by atoms with Gasteiger partial charge < -0.3 is 30.3 Å². The van der Waals surface area contributed by atoms with Crippen molar-refractivity contribution < 1.29 is 24.9 Å². The van der Waals surface area contributed by atoms with E-state index in [1.807, 2.05) is 18.2 Å². The van der Waals surface area contributed by atoms with Crippen LogP contribution in [0.25, 0.3) is 27.3 Å². The minimum Gasteiger partial charge on any atom is -0.388 e. The Morgan fingerprint density at radius 3 is 2.40 bits per heavy atom. The fraction of sp³-hybridized carbons (Fsp3) is 0.419. The van der Waals surface area contributed by atoms with Gasteiger partial charge in [-0.05, 0) is 72.0 Å². The number of carbonyl (C=O) groups is 1. The van der Waals surface area contributed by atoms with Crippen molar-refractivity contribution in [3.05, 3.63) is 59.0 Å². The number of hydrogen-bond acceptors (Lipinski definition) is 8. The second-order valence-corrected chi connectivity index (χ2v) is 11.2. The van der Waals surface area contributed by atoms with E-state index in [4.69, 9.17) is 4.74 Å². The van der Waals surface area contributed by atoms with Gasteiger partial charge in [-0.25, -0.2) is 0 Å². The Morgan fingerprint density at radius 1 is 1.02 bits per heavy atom. The molecule has 0 bridgehead atoms. The van der Waals surface area contributed by atoms with E-state index in [1.165, 1.54) is 28.5 Å². The molecule has 9 heteroatoms. The molecule has 4 N–H and O–H groups in total. The van der Waals surface area contributed by atoms with E-state index in [-0.39, 0.29) is 5.57 Å². The highest BCUT2D eigenvalue weighted by Crippen LogP contribution is 2.33. The number of ether oxygens (including phenoxy) is 1. The molecular formula is C31H37N3O5S. The van der Waals surface area contributed by atoms with Crippen LogP contribution in [0, 0.1) is 11.3 Å². The first kappa shape index (κ1) is 29.7. The van der Waals surface area contributed by atoms with Gasteiger partial charge in [-0.15, -0.1) is 11.3 Å². The molecular weight excluding hydrogens is 526 g/mol. The number of thiophene rings is 1. The highest BCUT2D eigenvalue weighted by atomic mass is 32.1. The number of rotatable bonds is 10. The van der Waals surface area contributed by atoms with Crippen LogP contribution in [0.3, 0.4) is 0 Å². The molecule has 4 rings (SSSR count). The third kappa shape index (κ3) is 6.54. The average molecular weight is 564 g/mol. The van der Waals surface area contributed by atoms with Gasteiger partial charge in [0.25, 0.3) is 5.91 Å². The van der Waals surface area contributed by atoms with E-state index in [9.17, 15) is 25.4 Å². The minimum atomic E-state index is -1.51. The number of carbonyl (C=O) groups excluding carboxylic acids is 1. The summed E-state index contributed by atoms with van der Waals surface area (Å²) >= 11 is 1.45. The number of nitriles is 1. The summed E-state index contributed by atoms with van der Waals surface area (Å²) in [4.78, 5) is 16.9. The third-order valence-corrected chi connectivity index (χ3v) is 8.24. The molecule has 0 spiro atoms. The smallest absolute Gasteiger partial charge is 0.262 e. The monoisotopic (exact) mass is 563 g/mol. The highest BCUT2D eigenvalue weighted by Gasteiger charge is 2.44. The van der Waals surface area contributed by atoms with E-state index in [0.29, 0.717) is 11.3 Å². The van der Waals surface area contributed by atoms with Gasteiger partial charge in [0.15, 0.2) is 6.29 Å². The van der Waals surface area contributed by atoms with Gasteiger partial charge in [0.1, 0.15) is 29.9 Å².